The number of nitriles is 1. The molecule has 0 atom stereocenters. The Hall–Kier alpha value is -2.51. The highest BCUT2D eigenvalue weighted by atomic mass is 19.4. The molecule has 2 fully saturated rings. The van der Waals surface area contributed by atoms with Gasteiger partial charge in [0.05, 0.1) is 12.0 Å². The highest BCUT2D eigenvalue weighted by Crippen LogP contribution is 2.27. The quantitative estimate of drug-likeness (QED) is 0.685. The molecule has 2 rings (SSSR count). The van der Waals surface area contributed by atoms with Crippen LogP contribution in [0.4, 0.5) is 18.0 Å². The molecule has 0 bridgehead atoms. The van der Waals surface area contributed by atoms with Gasteiger partial charge in [0.1, 0.15) is 5.54 Å². The Morgan fingerprint density at radius 2 is 1.72 bits per heavy atom. The Kier molecular flexibility index (Phi) is 7.70. The number of nitrogens with one attached hydrogen (secondary N) is 1. The van der Waals surface area contributed by atoms with Crippen LogP contribution >= 0.6 is 0 Å². The summed E-state index contributed by atoms with van der Waals surface area (Å²) in [6, 6.07) is 2.14. The van der Waals surface area contributed by atoms with Gasteiger partial charge >= 0.3 is 18.2 Å². The summed E-state index contributed by atoms with van der Waals surface area (Å²) in [4.78, 5) is 36.9. The van der Waals surface area contributed by atoms with Crippen LogP contribution in [0.5, 0.6) is 0 Å². The van der Waals surface area contributed by atoms with Gasteiger partial charge in [-0.05, 0) is 25.7 Å². The van der Waals surface area contributed by atoms with E-state index >= 15 is 0 Å². The zero-order chi connectivity index (χ0) is 21.5. The number of carbonyl (C=O) groups is 3. The summed E-state index contributed by atoms with van der Waals surface area (Å²) in [5, 5.41) is 12.0. The van der Waals surface area contributed by atoms with Gasteiger partial charge in [-0.1, -0.05) is 19.3 Å². The minimum atomic E-state index is -4.60. The first-order chi connectivity index (χ1) is 13.6. The normalized spacial score (nSPS) is 19.7. The average molecular weight is 419 g/mol. The van der Waals surface area contributed by atoms with Crippen LogP contribution in [-0.4, -0.2) is 60.9 Å². The Morgan fingerprint density at radius 3 is 2.28 bits per heavy atom. The van der Waals surface area contributed by atoms with Crippen molar-refractivity contribution in [1.82, 2.24) is 10.2 Å². The van der Waals surface area contributed by atoms with Gasteiger partial charge < -0.3 is 19.7 Å². The van der Waals surface area contributed by atoms with Crippen LogP contribution in [-0.2, 0) is 19.1 Å². The number of rotatable bonds is 5. The fraction of sp³-hybridized carbons (Fsp3) is 0.778. The maximum absolute atomic E-state index is 12.1. The van der Waals surface area contributed by atoms with Crippen LogP contribution in [0.3, 0.4) is 0 Å². The third-order valence-electron chi connectivity index (χ3n) is 5.09. The first-order valence-electron chi connectivity index (χ1n) is 9.51. The fourth-order valence-corrected chi connectivity index (χ4v) is 3.51. The van der Waals surface area contributed by atoms with Crippen molar-refractivity contribution < 1.29 is 37.0 Å². The van der Waals surface area contributed by atoms with Crippen molar-refractivity contribution >= 4 is 18.0 Å². The summed E-state index contributed by atoms with van der Waals surface area (Å²) in [7, 11) is 0. The lowest BCUT2D eigenvalue weighted by atomic mass is 9.83. The molecule has 29 heavy (non-hydrogen) atoms. The number of amides is 2. The maximum Gasteiger partial charge on any atom is 0.422 e. The van der Waals surface area contributed by atoms with Gasteiger partial charge in [0.15, 0.2) is 13.2 Å². The molecule has 0 spiro atoms. The molecule has 0 unspecified atom stereocenters. The largest absolute Gasteiger partial charge is 0.455 e. The molecule has 1 aliphatic carbocycles. The summed E-state index contributed by atoms with van der Waals surface area (Å²) in [5.41, 5.74) is -0.913. The second kappa shape index (κ2) is 9.80. The molecule has 1 saturated carbocycles. The van der Waals surface area contributed by atoms with E-state index in [0.717, 1.165) is 24.2 Å². The van der Waals surface area contributed by atoms with E-state index in [1.54, 1.807) is 0 Å². The summed E-state index contributed by atoms with van der Waals surface area (Å²) in [6.07, 6.45) is -1.46. The van der Waals surface area contributed by atoms with Crippen molar-refractivity contribution in [3.05, 3.63) is 0 Å². The first kappa shape index (κ1) is 22.8. The molecular weight excluding hydrogens is 395 g/mol. The van der Waals surface area contributed by atoms with E-state index in [1.165, 1.54) is 0 Å². The molecule has 162 valence electrons. The molecule has 11 heteroatoms. The number of halogens is 3. The van der Waals surface area contributed by atoms with Gasteiger partial charge in [-0.2, -0.15) is 18.4 Å². The molecular formula is C18H24F3N3O5. The van der Waals surface area contributed by atoms with Gasteiger partial charge in [-0.15, -0.1) is 0 Å². The molecule has 1 saturated heterocycles. The number of carbonyl (C=O) groups excluding carboxylic acids is 3. The Balaban J connectivity index is 1.71. The Morgan fingerprint density at radius 1 is 1.10 bits per heavy atom. The molecule has 0 radical (unpaired) electrons. The monoisotopic (exact) mass is 419 g/mol. The minimum absolute atomic E-state index is 0.0558. The lowest BCUT2D eigenvalue weighted by molar-refractivity contribution is -0.163. The van der Waals surface area contributed by atoms with Crippen LogP contribution in [0.1, 0.15) is 44.9 Å². The van der Waals surface area contributed by atoms with E-state index in [1.807, 2.05) is 0 Å². The van der Waals surface area contributed by atoms with Gasteiger partial charge in [0.25, 0.3) is 5.91 Å². The molecule has 0 aromatic carbocycles. The van der Waals surface area contributed by atoms with Gasteiger partial charge in [-0.3, -0.25) is 9.59 Å². The lowest BCUT2D eigenvalue weighted by Crippen LogP contribution is -2.50. The predicted octanol–water partition coefficient (Wildman–Crippen LogP) is 2.28. The predicted molar refractivity (Wildman–Crippen MR) is 92.2 cm³/mol. The second-order valence-electron chi connectivity index (χ2n) is 7.34. The molecule has 2 amide bonds. The van der Waals surface area contributed by atoms with E-state index in [-0.39, 0.29) is 25.9 Å². The Bertz CT molecular complexity index is 648. The van der Waals surface area contributed by atoms with E-state index < -0.39 is 48.8 Å². The van der Waals surface area contributed by atoms with E-state index in [0.29, 0.717) is 12.8 Å². The second-order valence-corrected chi connectivity index (χ2v) is 7.34. The van der Waals surface area contributed by atoms with Crippen LogP contribution < -0.4 is 5.32 Å². The van der Waals surface area contributed by atoms with Crippen molar-refractivity contribution in [2.45, 2.75) is 56.7 Å². The van der Waals surface area contributed by atoms with Crippen molar-refractivity contribution in [3.63, 3.8) is 0 Å². The number of piperidine rings is 1. The molecule has 1 aliphatic heterocycles. The molecule has 1 N–H and O–H groups in total. The molecule has 1 heterocycles. The number of hydrogen-bond donors (Lipinski definition) is 1. The van der Waals surface area contributed by atoms with Crippen molar-refractivity contribution in [1.29, 1.82) is 5.26 Å². The third-order valence-corrected chi connectivity index (χ3v) is 5.09. The van der Waals surface area contributed by atoms with Crippen LogP contribution in [0.15, 0.2) is 0 Å². The number of likely N-dealkylation sites (tertiary alicyclic amines) is 1. The molecule has 0 aromatic rings. The standard InChI is InChI=1S/C18H24F3N3O5/c19-18(20,21)12-29-16(27)24-8-4-13(5-9-24)15(26)28-10-14(25)23-17(11-22)6-2-1-3-7-17/h13H,1-10,12H2,(H,23,25). The summed E-state index contributed by atoms with van der Waals surface area (Å²) < 4.78 is 45.5. The smallest absolute Gasteiger partial charge is 0.422 e. The average Bonchev–Trinajstić information content (AvgIpc) is 2.70. The maximum atomic E-state index is 12.1. The van der Waals surface area contributed by atoms with E-state index in [2.05, 4.69) is 16.1 Å². The zero-order valence-electron chi connectivity index (χ0n) is 15.9. The third kappa shape index (κ3) is 7.11. The van der Waals surface area contributed by atoms with Crippen molar-refractivity contribution in [3.8, 4) is 6.07 Å². The van der Waals surface area contributed by atoms with Gasteiger partial charge in [0, 0.05) is 13.1 Å². The fourth-order valence-electron chi connectivity index (χ4n) is 3.51. The van der Waals surface area contributed by atoms with Gasteiger partial charge in [0.2, 0.25) is 0 Å². The number of alkyl halides is 3. The van der Waals surface area contributed by atoms with E-state index in [9.17, 15) is 32.8 Å². The molecule has 2 aliphatic rings. The lowest BCUT2D eigenvalue weighted by Gasteiger charge is -2.32. The minimum Gasteiger partial charge on any atom is -0.455 e. The number of ether oxygens (including phenoxy) is 2. The van der Waals surface area contributed by atoms with Crippen molar-refractivity contribution in [2.75, 3.05) is 26.3 Å². The summed E-state index contributed by atoms with van der Waals surface area (Å²) >= 11 is 0. The van der Waals surface area contributed by atoms with Crippen molar-refractivity contribution in [2.24, 2.45) is 5.92 Å². The van der Waals surface area contributed by atoms with E-state index in [4.69, 9.17) is 4.74 Å². The number of nitrogens with zero attached hydrogens (tertiary/aromatic N) is 2. The van der Waals surface area contributed by atoms with Crippen LogP contribution in [0, 0.1) is 17.2 Å². The summed E-state index contributed by atoms with van der Waals surface area (Å²) in [6.45, 7) is -2.05. The van der Waals surface area contributed by atoms with Crippen LogP contribution in [0.2, 0.25) is 0 Å². The SMILES string of the molecule is N#CC1(NC(=O)COC(=O)C2CCN(C(=O)OCC(F)(F)F)CC2)CCCCC1. The number of hydrogen-bond acceptors (Lipinski definition) is 6. The highest BCUT2D eigenvalue weighted by molar-refractivity contribution is 5.82. The summed E-state index contributed by atoms with van der Waals surface area (Å²) in [5.74, 6) is -1.72. The highest BCUT2D eigenvalue weighted by Gasteiger charge is 2.35. The first-order valence-corrected chi connectivity index (χ1v) is 9.51. The van der Waals surface area contributed by atoms with Gasteiger partial charge in [-0.25, -0.2) is 4.79 Å². The number of esters is 1. The Labute approximate surface area is 166 Å². The topological polar surface area (TPSA) is 109 Å². The zero-order valence-corrected chi connectivity index (χ0v) is 15.9. The molecule has 8 nitrogen and oxygen atoms in total. The molecule has 0 aromatic heterocycles. The van der Waals surface area contributed by atoms with Crippen LogP contribution in [0.25, 0.3) is 0 Å².